The predicted molar refractivity (Wildman–Crippen MR) is 91.0 cm³/mol. The molecule has 2 heterocycles. The van der Waals surface area contributed by atoms with Gasteiger partial charge in [-0.15, -0.1) is 0 Å². The smallest absolute Gasteiger partial charge is 0.231 e. The second-order valence-corrected chi connectivity index (χ2v) is 5.90. The van der Waals surface area contributed by atoms with Crippen LogP contribution in [0.3, 0.4) is 0 Å². The van der Waals surface area contributed by atoms with E-state index in [4.69, 9.17) is 26.8 Å². The minimum absolute atomic E-state index is 0.250. The number of fused-ring (bicyclic) bond motifs is 1. The molecule has 0 fully saturated rings. The van der Waals surface area contributed by atoms with Crippen LogP contribution in [0.2, 0.25) is 5.02 Å². The summed E-state index contributed by atoms with van der Waals surface area (Å²) in [4.78, 5) is 0. The molecule has 1 aliphatic heterocycles. The molecule has 0 radical (unpaired) electrons. The molecule has 3 aromatic rings. The van der Waals surface area contributed by atoms with E-state index >= 15 is 0 Å². The van der Waals surface area contributed by atoms with E-state index in [2.05, 4.69) is 16.8 Å². The van der Waals surface area contributed by atoms with Crippen LogP contribution in [0.5, 0.6) is 11.5 Å². The molecule has 0 amide bonds. The van der Waals surface area contributed by atoms with Gasteiger partial charge in [-0.1, -0.05) is 23.7 Å². The fourth-order valence-corrected chi connectivity index (χ4v) is 2.88. The van der Waals surface area contributed by atoms with Crippen molar-refractivity contribution in [1.82, 2.24) is 4.57 Å². The zero-order valence-corrected chi connectivity index (χ0v) is 13.1. The monoisotopic (exact) mass is 326 g/mol. The van der Waals surface area contributed by atoms with Gasteiger partial charge in [0, 0.05) is 35.7 Å². The molecule has 23 heavy (non-hydrogen) atoms. The van der Waals surface area contributed by atoms with Crippen molar-refractivity contribution in [3.8, 4) is 22.6 Å². The van der Waals surface area contributed by atoms with Crippen LogP contribution < -0.4 is 15.2 Å². The van der Waals surface area contributed by atoms with Gasteiger partial charge in [0.1, 0.15) is 0 Å². The molecule has 0 unspecified atom stereocenters. The number of aromatic nitrogens is 1. The molecule has 0 bridgehead atoms. The largest absolute Gasteiger partial charge is 0.454 e. The third kappa shape index (κ3) is 2.73. The molecule has 2 N–H and O–H groups in total. The molecule has 0 saturated carbocycles. The van der Waals surface area contributed by atoms with Crippen LogP contribution >= 0.6 is 11.6 Å². The number of nitrogen functional groups attached to an aromatic ring is 1. The first-order valence-electron chi connectivity index (χ1n) is 7.29. The van der Waals surface area contributed by atoms with E-state index in [9.17, 15) is 0 Å². The first kappa shape index (κ1) is 14.0. The lowest BCUT2D eigenvalue weighted by Crippen LogP contribution is -1.97. The van der Waals surface area contributed by atoms with Gasteiger partial charge in [-0.3, -0.25) is 0 Å². The predicted octanol–water partition coefficient (Wildman–Crippen LogP) is 4.17. The van der Waals surface area contributed by atoms with Crippen LogP contribution in [-0.4, -0.2) is 11.4 Å². The lowest BCUT2D eigenvalue weighted by molar-refractivity contribution is 0.174. The van der Waals surface area contributed by atoms with Crippen molar-refractivity contribution >= 4 is 17.3 Å². The Hall–Kier alpha value is -2.59. The number of halogens is 1. The minimum atomic E-state index is 0.250. The third-order valence-corrected chi connectivity index (χ3v) is 4.24. The quantitative estimate of drug-likeness (QED) is 0.735. The Labute approximate surface area is 139 Å². The van der Waals surface area contributed by atoms with Crippen molar-refractivity contribution in [3.63, 3.8) is 0 Å². The molecular formula is C18H15ClN2O2. The topological polar surface area (TPSA) is 49.4 Å². The van der Waals surface area contributed by atoms with Gasteiger partial charge in [-0.2, -0.15) is 0 Å². The Kier molecular flexibility index (Phi) is 3.39. The first-order chi connectivity index (χ1) is 11.2. The van der Waals surface area contributed by atoms with Crippen molar-refractivity contribution in [2.45, 2.75) is 6.54 Å². The summed E-state index contributed by atoms with van der Waals surface area (Å²) in [7, 11) is 0. The molecule has 2 aromatic carbocycles. The van der Waals surface area contributed by atoms with E-state index in [1.807, 2.05) is 42.6 Å². The molecule has 4 rings (SSSR count). The molecule has 1 aliphatic rings. The Morgan fingerprint density at radius 2 is 1.74 bits per heavy atom. The van der Waals surface area contributed by atoms with E-state index in [0.717, 1.165) is 28.1 Å². The zero-order valence-electron chi connectivity index (χ0n) is 12.3. The summed E-state index contributed by atoms with van der Waals surface area (Å²) < 4.78 is 12.8. The minimum Gasteiger partial charge on any atom is -0.454 e. The number of ether oxygens (including phenoxy) is 2. The number of nitrogens with zero attached hydrogens (tertiary/aromatic N) is 1. The maximum Gasteiger partial charge on any atom is 0.231 e. The highest BCUT2D eigenvalue weighted by atomic mass is 35.5. The summed E-state index contributed by atoms with van der Waals surface area (Å²) in [6.45, 7) is 0.921. The highest BCUT2D eigenvalue weighted by Crippen LogP contribution is 2.37. The highest BCUT2D eigenvalue weighted by molar-refractivity contribution is 6.31. The Bertz CT molecular complexity index is 856. The van der Waals surface area contributed by atoms with Crippen molar-refractivity contribution in [2.24, 2.45) is 0 Å². The molecule has 0 aliphatic carbocycles. The average Bonchev–Trinajstić information content (AvgIpc) is 3.18. The standard InChI is InChI=1S/C18H15ClN2O2/c19-16-8-18-17(22-11-23-18)7-14(16)10-21-6-5-13(9-21)12-1-3-15(20)4-2-12/h1-9H,10-11,20H2. The van der Waals surface area contributed by atoms with Gasteiger partial charge in [0.2, 0.25) is 6.79 Å². The van der Waals surface area contributed by atoms with E-state index in [1.54, 1.807) is 0 Å². The van der Waals surface area contributed by atoms with Crippen molar-refractivity contribution < 1.29 is 9.47 Å². The van der Waals surface area contributed by atoms with Gasteiger partial charge < -0.3 is 19.8 Å². The summed E-state index contributed by atoms with van der Waals surface area (Å²) in [5, 5.41) is 0.678. The van der Waals surface area contributed by atoms with Crippen LogP contribution in [0.4, 0.5) is 5.69 Å². The normalized spacial score (nSPS) is 12.6. The second-order valence-electron chi connectivity index (χ2n) is 5.49. The van der Waals surface area contributed by atoms with Crippen LogP contribution in [0.15, 0.2) is 54.9 Å². The maximum atomic E-state index is 6.34. The molecule has 1 aromatic heterocycles. The number of nitrogens with two attached hydrogens (primary N) is 1. The SMILES string of the molecule is Nc1ccc(-c2ccn(Cc3cc4c(cc3Cl)OCO4)c2)cc1. The van der Waals surface area contributed by atoms with E-state index in [1.165, 1.54) is 0 Å². The molecule has 0 saturated heterocycles. The van der Waals surface area contributed by atoms with Gasteiger partial charge in [0.25, 0.3) is 0 Å². The fourth-order valence-electron chi connectivity index (χ4n) is 2.66. The summed E-state index contributed by atoms with van der Waals surface area (Å²) in [6, 6.07) is 13.7. The van der Waals surface area contributed by atoms with Crippen LogP contribution in [0.1, 0.15) is 5.56 Å². The lowest BCUT2D eigenvalue weighted by Gasteiger charge is -2.07. The van der Waals surface area contributed by atoms with Crippen molar-refractivity contribution in [1.29, 1.82) is 0 Å². The molecule has 0 spiro atoms. The highest BCUT2D eigenvalue weighted by Gasteiger charge is 2.16. The van der Waals surface area contributed by atoms with Gasteiger partial charge in [-0.25, -0.2) is 0 Å². The number of benzene rings is 2. The summed E-state index contributed by atoms with van der Waals surface area (Å²) in [5.74, 6) is 1.45. The molecule has 5 heteroatoms. The first-order valence-corrected chi connectivity index (χ1v) is 7.66. The van der Waals surface area contributed by atoms with E-state index in [0.29, 0.717) is 17.3 Å². The van der Waals surface area contributed by atoms with Gasteiger partial charge in [0.05, 0.1) is 0 Å². The fraction of sp³-hybridized carbons (Fsp3) is 0.111. The number of rotatable bonds is 3. The summed E-state index contributed by atoms with van der Waals surface area (Å²) >= 11 is 6.34. The number of anilines is 1. The maximum absolute atomic E-state index is 6.34. The van der Waals surface area contributed by atoms with Gasteiger partial charge >= 0.3 is 0 Å². The number of hydrogen-bond acceptors (Lipinski definition) is 3. The number of hydrogen-bond donors (Lipinski definition) is 1. The van der Waals surface area contributed by atoms with Crippen molar-refractivity contribution in [3.05, 3.63) is 65.4 Å². The Morgan fingerprint density at radius 1 is 1.00 bits per heavy atom. The summed E-state index contributed by atoms with van der Waals surface area (Å²) in [5.41, 5.74) is 9.77. The molecule has 0 atom stereocenters. The summed E-state index contributed by atoms with van der Waals surface area (Å²) in [6.07, 6.45) is 4.12. The molecule has 4 nitrogen and oxygen atoms in total. The second kappa shape index (κ2) is 5.56. The van der Waals surface area contributed by atoms with E-state index in [-0.39, 0.29) is 6.79 Å². The van der Waals surface area contributed by atoms with Gasteiger partial charge in [0.15, 0.2) is 11.5 Å². The van der Waals surface area contributed by atoms with Crippen molar-refractivity contribution in [2.75, 3.05) is 12.5 Å². The van der Waals surface area contributed by atoms with Crippen LogP contribution in [0.25, 0.3) is 11.1 Å². The van der Waals surface area contributed by atoms with Crippen LogP contribution in [0, 0.1) is 0 Å². The Balaban J connectivity index is 1.59. The third-order valence-electron chi connectivity index (χ3n) is 3.89. The van der Waals surface area contributed by atoms with Crippen LogP contribution in [-0.2, 0) is 6.54 Å². The lowest BCUT2D eigenvalue weighted by atomic mass is 10.1. The molecule has 116 valence electrons. The van der Waals surface area contributed by atoms with Gasteiger partial charge in [-0.05, 0) is 41.0 Å². The molecular weight excluding hydrogens is 312 g/mol. The zero-order chi connectivity index (χ0) is 15.8. The Morgan fingerprint density at radius 3 is 2.52 bits per heavy atom. The average molecular weight is 327 g/mol. The van der Waals surface area contributed by atoms with E-state index < -0.39 is 0 Å².